The Bertz CT molecular complexity index is 2400. The molecule has 3 amide bonds. The van der Waals surface area contributed by atoms with Gasteiger partial charge in [0, 0.05) is 38.4 Å². The molecule has 0 unspecified atom stereocenters. The lowest BCUT2D eigenvalue weighted by atomic mass is 10.1. The number of fused-ring (bicyclic) bond motifs is 2. The van der Waals surface area contributed by atoms with Crippen LogP contribution in [-0.4, -0.2) is 105 Å². The van der Waals surface area contributed by atoms with E-state index in [-0.39, 0.29) is 76.7 Å². The van der Waals surface area contributed by atoms with Crippen LogP contribution < -0.4 is 42.4 Å². The minimum Gasteiger partial charge on any atom is -0.493 e. The molecule has 1 fully saturated rings. The van der Waals surface area contributed by atoms with Gasteiger partial charge in [-0.15, -0.1) is 0 Å². The number of carbonyl (C=O) groups excluding carboxylic acids is 3. The van der Waals surface area contributed by atoms with Crippen LogP contribution in [0.25, 0.3) is 22.3 Å². The minimum atomic E-state index is -1.54. The average molecular weight is 751 g/mol. The van der Waals surface area contributed by atoms with Crippen LogP contribution in [0.4, 0.5) is 17.5 Å². The Morgan fingerprint density at radius 1 is 0.981 bits per heavy atom. The summed E-state index contributed by atoms with van der Waals surface area (Å²) < 4.78 is 21.7. The van der Waals surface area contributed by atoms with Crippen molar-refractivity contribution in [3.8, 4) is 11.5 Å². The lowest BCUT2D eigenvalue weighted by molar-refractivity contribution is -0.137. The first kappa shape index (κ1) is 37.4. The number of hydrogen-bond donors (Lipinski definition) is 6. The zero-order chi connectivity index (χ0) is 39.0. The molecule has 286 valence electrons. The summed E-state index contributed by atoms with van der Waals surface area (Å²) in [7, 11) is 2.87. The SMILES string of the molecule is CCNC(=O)[C@H]1O[C@@H](n2cnc3c(N)nc(NC(=O)COc4ccc(NC(=O)c5nc6c(c(=O)n(CC)c(=O)n6CC)n5C)cc4OC)nc32)[C@H](O)[C@@H]1O. The van der Waals surface area contributed by atoms with E-state index >= 15 is 0 Å². The number of carbonyl (C=O) groups is 3. The second-order valence-electron chi connectivity index (χ2n) is 12.0. The lowest BCUT2D eigenvalue weighted by Gasteiger charge is -2.16. The van der Waals surface area contributed by atoms with Crippen LogP contribution in [0.15, 0.2) is 34.1 Å². The molecular weight excluding hydrogens is 712 g/mol. The van der Waals surface area contributed by atoms with Gasteiger partial charge >= 0.3 is 5.69 Å². The van der Waals surface area contributed by atoms with Gasteiger partial charge < -0.3 is 45.4 Å². The first-order valence-electron chi connectivity index (χ1n) is 16.7. The first-order chi connectivity index (χ1) is 25.8. The second kappa shape index (κ2) is 14.9. The number of nitrogens with two attached hydrogens (primary N) is 1. The molecule has 4 atom stereocenters. The van der Waals surface area contributed by atoms with Crippen LogP contribution in [0.5, 0.6) is 11.5 Å². The number of methoxy groups -OCH3 is 1. The zero-order valence-corrected chi connectivity index (χ0v) is 29.8. The predicted molar refractivity (Wildman–Crippen MR) is 190 cm³/mol. The number of ether oxygens (including phenoxy) is 3. The van der Waals surface area contributed by atoms with Gasteiger partial charge in [-0.2, -0.15) is 9.97 Å². The van der Waals surface area contributed by atoms with Crippen LogP contribution >= 0.6 is 0 Å². The molecule has 1 aromatic carbocycles. The number of nitrogen functional groups attached to an aromatic ring is 1. The highest BCUT2D eigenvalue weighted by molar-refractivity contribution is 6.03. The normalized spacial score (nSPS) is 18.2. The molecule has 6 rings (SSSR count). The van der Waals surface area contributed by atoms with Gasteiger partial charge in [0.2, 0.25) is 11.8 Å². The van der Waals surface area contributed by atoms with E-state index in [4.69, 9.17) is 19.9 Å². The molecule has 0 radical (unpaired) electrons. The summed E-state index contributed by atoms with van der Waals surface area (Å²) in [5, 5.41) is 28.8. The third-order valence-corrected chi connectivity index (χ3v) is 8.68. The van der Waals surface area contributed by atoms with E-state index in [9.17, 15) is 34.2 Å². The highest BCUT2D eigenvalue weighted by atomic mass is 16.6. The van der Waals surface area contributed by atoms with E-state index in [1.807, 2.05) is 0 Å². The number of likely N-dealkylation sites (N-methyl/N-ethyl adjacent to an activating group) is 1. The highest BCUT2D eigenvalue weighted by Gasteiger charge is 2.47. The summed E-state index contributed by atoms with van der Waals surface area (Å²) in [6, 6.07) is 4.40. The van der Waals surface area contributed by atoms with E-state index in [2.05, 4.69) is 35.9 Å². The van der Waals surface area contributed by atoms with E-state index < -0.39 is 60.1 Å². The molecule has 5 aromatic rings. The minimum absolute atomic E-state index is 0.0437. The molecule has 0 spiro atoms. The largest absolute Gasteiger partial charge is 0.493 e. The molecule has 1 saturated heterocycles. The number of rotatable bonds is 12. The maximum absolute atomic E-state index is 13.3. The number of aryl methyl sites for hydroxylation is 2. The molecule has 22 nitrogen and oxygen atoms in total. The monoisotopic (exact) mass is 750 g/mol. The van der Waals surface area contributed by atoms with Crippen LogP contribution in [0.1, 0.15) is 37.6 Å². The summed E-state index contributed by atoms with van der Waals surface area (Å²) >= 11 is 0. The molecule has 54 heavy (non-hydrogen) atoms. The average Bonchev–Trinajstić information content (AvgIpc) is 3.81. The predicted octanol–water partition coefficient (Wildman–Crippen LogP) is -1.31. The van der Waals surface area contributed by atoms with Crippen LogP contribution in [0, 0.1) is 0 Å². The Morgan fingerprint density at radius 2 is 1.72 bits per heavy atom. The van der Waals surface area contributed by atoms with Crippen molar-refractivity contribution in [2.75, 3.05) is 36.6 Å². The van der Waals surface area contributed by atoms with Gasteiger partial charge in [-0.3, -0.25) is 38.2 Å². The van der Waals surface area contributed by atoms with Crippen molar-refractivity contribution < 1.29 is 38.8 Å². The van der Waals surface area contributed by atoms with Crippen molar-refractivity contribution in [3.63, 3.8) is 0 Å². The summed E-state index contributed by atoms with van der Waals surface area (Å²) in [6.45, 7) is 5.24. The fraction of sp³-hybridized carbons (Fsp3) is 0.406. The maximum Gasteiger partial charge on any atom is 0.332 e. The number of nitrogens with one attached hydrogen (secondary N) is 3. The van der Waals surface area contributed by atoms with Gasteiger partial charge in [0.25, 0.3) is 23.3 Å². The van der Waals surface area contributed by atoms with Gasteiger partial charge in [-0.25, -0.2) is 14.8 Å². The fourth-order valence-corrected chi connectivity index (χ4v) is 6.05. The number of aromatic nitrogens is 8. The molecular formula is C32H38N12O10. The number of aliphatic hydroxyl groups excluding tert-OH is 2. The zero-order valence-electron chi connectivity index (χ0n) is 29.8. The molecule has 0 bridgehead atoms. The Kier molecular flexibility index (Phi) is 10.3. The smallest absolute Gasteiger partial charge is 0.332 e. The summed E-state index contributed by atoms with van der Waals surface area (Å²) in [6.07, 6.45) is -4.44. The van der Waals surface area contributed by atoms with Crippen molar-refractivity contribution in [1.29, 1.82) is 0 Å². The quantitative estimate of drug-likeness (QED) is 0.0863. The van der Waals surface area contributed by atoms with E-state index in [0.29, 0.717) is 0 Å². The third-order valence-electron chi connectivity index (χ3n) is 8.68. The number of imidazole rings is 2. The number of amides is 3. The van der Waals surface area contributed by atoms with Gasteiger partial charge in [0.05, 0.1) is 13.4 Å². The molecule has 1 aliphatic rings. The summed E-state index contributed by atoms with van der Waals surface area (Å²) in [5.74, 6) is -2.12. The maximum atomic E-state index is 13.3. The molecule has 1 aliphatic heterocycles. The van der Waals surface area contributed by atoms with Gasteiger partial charge in [-0.05, 0) is 32.9 Å². The van der Waals surface area contributed by atoms with Crippen molar-refractivity contribution in [3.05, 3.63) is 51.2 Å². The Labute approximate surface area is 304 Å². The highest BCUT2D eigenvalue weighted by Crippen LogP contribution is 2.33. The number of hydrogen-bond acceptors (Lipinski definition) is 15. The number of aliphatic hydroxyl groups is 2. The van der Waals surface area contributed by atoms with Crippen molar-refractivity contribution in [2.45, 2.75) is 58.4 Å². The van der Waals surface area contributed by atoms with Gasteiger partial charge in [0.15, 0.2) is 53.1 Å². The topological polar surface area (TPSA) is 287 Å². The van der Waals surface area contributed by atoms with E-state index in [1.165, 1.54) is 52.4 Å². The summed E-state index contributed by atoms with van der Waals surface area (Å²) in [5.41, 5.74) is 5.62. The fourth-order valence-electron chi connectivity index (χ4n) is 6.05. The van der Waals surface area contributed by atoms with Crippen molar-refractivity contribution in [1.82, 2.24) is 43.5 Å². The summed E-state index contributed by atoms with van der Waals surface area (Å²) in [4.78, 5) is 81.2. The lowest BCUT2D eigenvalue weighted by Crippen LogP contribution is -2.42. The van der Waals surface area contributed by atoms with E-state index in [0.717, 1.165) is 4.57 Å². The standard InChI is InChI=1S/C32H38N12O10/c1-6-34-27(48)22-20(46)21(47)30(54-22)44-13-35-18-23(33)38-31(40-24(18)44)37-17(45)12-53-15-10-9-14(11-16(15)52-5)36-28(49)26-39-25-19(41(26)4)29(50)43(8-3)32(51)42(25)7-2/h9-11,13,20-22,30,46-47H,6-8,12H2,1-5H3,(H,34,48)(H,36,49)(H3,33,37,38,40,45)/t20-,21+,22-,30+/m0/s1. The first-order valence-corrected chi connectivity index (χ1v) is 16.7. The van der Waals surface area contributed by atoms with Crippen molar-refractivity contribution in [2.24, 2.45) is 7.05 Å². The molecule has 7 N–H and O–H groups in total. The molecule has 0 saturated carbocycles. The van der Waals surface area contributed by atoms with Crippen LogP contribution in [-0.2, 0) is 34.5 Å². The molecule has 22 heteroatoms. The number of benzene rings is 1. The molecule has 0 aliphatic carbocycles. The van der Waals surface area contributed by atoms with Gasteiger partial charge in [-0.1, -0.05) is 0 Å². The van der Waals surface area contributed by atoms with Crippen molar-refractivity contribution >= 4 is 57.5 Å². The van der Waals surface area contributed by atoms with E-state index in [1.54, 1.807) is 20.8 Å². The number of anilines is 3. The second-order valence-corrected chi connectivity index (χ2v) is 12.0. The van der Waals surface area contributed by atoms with Gasteiger partial charge in [0.1, 0.15) is 17.7 Å². The van der Waals surface area contributed by atoms with Crippen LogP contribution in [0.3, 0.4) is 0 Å². The Balaban J connectivity index is 1.14. The third kappa shape index (κ3) is 6.56. The molecule has 4 aromatic heterocycles. The molecule has 5 heterocycles. The van der Waals surface area contributed by atoms with Crippen LogP contribution in [0.2, 0.25) is 0 Å². The Morgan fingerprint density at radius 3 is 2.41 bits per heavy atom. The Hall–Kier alpha value is -6.39. The number of nitrogens with zero attached hydrogens (tertiary/aromatic N) is 8.